The summed E-state index contributed by atoms with van der Waals surface area (Å²) in [6.07, 6.45) is 1.55. The van der Waals surface area contributed by atoms with Crippen LogP contribution in [-0.2, 0) is 0 Å². The summed E-state index contributed by atoms with van der Waals surface area (Å²) >= 11 is 0. The van der Waals surface area contributed by atoms with Crippen LogP contribution in [0.3, 0.4) is 0 Å². The first-order valence-corrected chi connectivity index (χ1v) is 5.97. The van der Waals surface area contributed by atoms with E-state index in [1.165, 1.54) is 0 Å². The van der Waals surface area contributed by atoms with Gasteiger partial charge in [-0.15, -0.1) is 0 Å². The highest BCUT2D eigenvalue weighted by Gasteiger charge is 2.19. The zero-order valence-electron chi connectivity index (χ0n) is 11.2. The van der Waals surface area contributed by atoms with Gasteiger partial charge in [0, 0.05) is 11.6 Å². The normalized spacial score (nSPS) is 12.7. The number of fused-ring (bicyclic) bond motifs is 1. The van der Waals surface area contributed by atoms with Crippen molar-refractivity contribution >= 4 is 16.7 Å². The summed E-state index contributed by atoms with van der Waals surface area (Å²) in [7, 11) is 0. The van der Waals surface area contributed by atoms with Gasteiger partial charge in [-0.05, 0) is 32.9 Å². The standard InChI is InChI=1S/C14H17N3O2/c1-14(2,3)19-12-9-6-4-5-7-11(9)16-8-10(12)13(15)17-18/h4-8,18H,1-3H3,(H2,15,17). The van der Waals surface area contributed by atoms with E-state index >= 15 is 0 Å². The SMILES string of the molecule is CC(C)(C)Oc1c(/C(N)=N/O)cnc2ccccc12. The number of nitrogens with two attached hydrogens (primary N) is 1. The summed E-state index contributed by atoms with van der Waals surface area (Å²) in [5.41, 5.74) is 6.58. The van der Waals surface area contributed by atoms with E-state index in [4.69, 9.17) is 15.7 Å². The molecular formula is C14H17N3O2. The number of aromatic nitrogens is 1. The van der Waals surface area contributed by atoms with Crippen LogP contribution in [0.5, 0.6) is 5.75 Å². The average molecular weight is 259 g/mol. The molecule has 0 radical (unpaired) electrons. The minimum Gasteiger partial charge on any atom is -0.487 e. The fraction of sp³-hybridized carbons (Fsp3) is 0.286. The van der Waals surface area contributed by atoms with E-state index in [9.17, 15) is 0 Å². The molecule has 19 heavy (non-hydrogen) atoms. The Balaban J connectivity index is 2.72. The van der Waals surface area contributed by atoms with Crippen molar-refractivity contribution in [2.45, 2.75) is 26.4 Å². The molecule has 3 N–H and O–H groups in total. The lowest BCUT2D eigenvalue weighted by atomic mass is 10.1. The quantitative estimate of drug-likeness (QED) is 0.376. The molecule has 0 atom stereocenters. The number of pyridine rings is 1. The molecule has 0 amide bonds. The highest BCUT2D eigenvalue weighted by atomic mass is 16.5. The monoisotopic (exact) mass is 259 g/mol. The summed E-state index contributed by atoms with van der Waals surface area (Å²) in [6.45, 7) is 5.83. The topological polar surface area (TPSA) is 80.7 Å². The van der Waals surface area contributed by atoms with Gasteiger partial charge in [0.15, 0.2) is 5.84 Å². The van der Waals surface area contributed by atoms with Gasteiger partial charge in [0.1, 0.15) is 11.4 Å². The Morgan fingerprint density at radius 1 is 1.32 bits per heavy atom. The summed E-state index contributed by atoms with van der Waals surface area (Å²) in [5.74, 6) is 0.561. The van der Waals surface area contributed by atoms with Gasteiger partial charge in [0.25, 0.3) is 0 Å². The molecule has 0 aliphatic rings. The highest BCUT2D eigenvalue weighted by Crippen LogP contribution is 2.31. The van der Waals surface area contributed by atoms with Crippen LogP contribution in [0.1, 0.15) is 26.3 Å². The maximum Gasteiger partial charge on any atom is 0.175 e. The molecule has 0 saturated heterocycles. The molecule has 5 nitrogen and oxygen atoms in total. The van der Waals surface area contributed by atoms with Gasteiger partial charge in [0.05, 0.1) is 11.1 Å². The molecule has 5 heteroatoms. The van der Waals surface area contributed by atoms with Crippen LogP contribution in [0, 0.1) is 0 Å². The summed E-state index contributed by atoms with van der Waals surface area (Å²) in [5, 5.41) is 12.7. The molecule has 0 aliphatic carbocycles. The second-order valence-electron chi connectivity index (χ2n) is 5.22. The lowest BCUT2D eigenvalue weighted by Crippen LogP contribution is -2.25. The number of hydrogen-bond acceptors (Lipinski definition) is 4. The first-order valence-electron chi connectivity index (χ1n) is 5.97. The van der Waals surface area contributed by atoms with Crippen molar-refractivity contribution < 1.29 is 9.94 Å². The molecule has 1 aromatic heterocycles. The molecule has 0 bridgehead atoms. The van der Waals surface area contributed by atoms with Crippen molar-refractivity contribution in [2.24, 2.45) is 10.9 Å². The van der Waals surface area contributed by atoms with Crippen LogP contribution in [0.4, 0.5) is 0 Å². The third-order valence-electron chi connectivity index (χ3n) is 2.52. The lowest BCUT2D eigenvalue weighted by molar-refractivity contribution is 0.132. The van der Waals surface area contributed by atoms with Gasteiger partial charge in [-0.2, -0.15) is 0 Å². The predicted molar refractivity (Wildman–Crippen MR) is 74.6 cm³/mol. The second kappa shape index (κ2) is 4.76. The van der Waals surface area contributed by atoms with Crippen LogP contribution in [-0.4, -0.2) is 21.6 Å². The van der Waals surface area contributed by atoms with Gasteiger partial charge < -0.3 is 15.7 Å². The largest absolute Gasteiger partial charge is 0.487 e. The van der Waals surface area contributed by atoms with E-state index in [2.05, 4.69) is 10.1 Å². The molecule has 100 valence electrons. The number of nitrogens with zero attached hydrogens (tertiary/aromatic N) is 2. The Morgan fingerprint density at radius 2 is 2.00 bits per heavy atom. The molecule has 0 fully saturated rings. The number of benzene rings is 1. The molecule has 1 heterocycles. The maximum absolute atomic E-state index is 8.86. The van der Waals surface area contributed by atoms with Crippen molar-refractivity contribution in [1.29, 1.82) is 0 Å². The van der Waals surface area contributed by atoms with Crippen molar-refractivity contribution in [1.82, 2.24) is 4.98 Å². The van der Waals surface area contributed by atoms with E-state index in [-0.39, 0.29) is 5.84 Å². The molecule has 0 unspecified atom stereocenters. The smallest absolute Gasteiger partial charge is 0.175 e. The lowest BCUT2D eigenvalue weighted by Gasteiger charge is -2.24. The number of para-hydroxylation sites is 1. The molecule has 2 rings (SSSR count). The Labute approximate surface area is 111 Å². The van der Waals surface area contributed by atoms with Gasteiger partial charge in [-0.3, -0.25) is 4.98 Å². The first kappa shape index (κ1) is 13.1. The Bertz CT molecular complexity index is 630. The summed E-state index contributed by atoms with van der Waals surface area (Å²) < 4.78 is 5.96. The van der Waals surface area contributed by atoms with Crippen molar-refractivity contribution in [2.75, 3.05) is 0 Å². The van der Waals surface area contributed by atoms with Crippen molar-refractivity contribution in [3.05, 3.63) is 36.0 Å². The van der Waals surface area contributed by atoms with Gasteiger partial charge >= 0.3 is 0 Å². The molecule has 0 saturated carbocycles. The number of ether oxygens (including phenoxy) is 1. The number of rotatable bonds is 2. The Hall–Kier alpha value is -2.30. The van der Waals surface area contributed by atoms with Crippen molar-refractivity contribution in [3.8, 4) is 5.75 Å². The zero-order chi connectivity index (χ0) is 14.0. The summed E-state index contributed by atoms with van der Waals surface area (Å²) in [4.78, 5) is 4.29. The van der Waals surface area contributed by atoms with Gasteiger partial charge in [-0.1, -0.05) is 17.3 Å². The van der Waals surface area contributed by atoms with E-state index in [1.54, 1.807) is 6.20 Å². The van der Waals surface area contributed by atoms with Crippen LogP contribution in [0.15, 0.2) is 35.6 Å². The predicted octanol–water partition coefficient (Wildman–Crippen LogP) is 2.51. The Kier molecular flexibility index (Phi) is 3.29. The molecular weight excluding hydrogens is 242 g/mol. The molecule has 0 spiro atoms. The summed E-state index contributed by atoms with van der Waals surface area (Å²) in [6, 6.07) is 7.59. The average Bonchev–Trinajstić information content (AvgIpc) is 2.36. The van der Waals surface area contributed by atoms with Crippen LogP contribution in [0.25, 0.3) is 10.9 Å². The van der Waals surface area contributed by atoms with Gasteiger partial charge in [-0.25, -0.2) is 0 Å². The molecule has 1 aromatic carbocycles. The van der Waals surface area contributed by atoms with Crippen LogP contribution < -0.4 is 10.5 Å². The second-order valence-corrected chi connectivity index (χ2v) is 5.22. The minimum atomic E-state index is -0.394. The fourth-order valence-corrected chi connectivity index (χ4v) is 1.77. The first-order chi connectivity index (χ1) is 8.92. The Morgan fingerprint density at radius 3 is 2.63 bits per heavy atom. The van der Waals surface area contributed by atoms with E-state index < -0.39 is 5.60 Å². The fourth-order valence-electron chi connectivity index (χ4n) is 1.77. The third-order valence-corrected chi connectivity index (χ3v) is 2.52. The third kappa shape index (κ3) is 2.76. The van der Waals surface area contributed by atoms with Crippen LogP contribution >= 0.6 is 0 Å². The number of hydrogen-bond donors (Lipinski definition) is 2. The minimum absolute atomic E-state index is 0.0162. The zero-order valence-corrected chi connectivity index (χ0v) is 11.2. The maximum atomic E-state index is 8.86. The van der Waals surface area contributed by atoms with E-state index in [0.717, 1.165) is 10.9 Å². The van der Waals surface area contributed by atoms with Gasteiger partial charge in [0.2, 0.25) is 0 Å². The van der Waals surface area contributed by atoms with Crippen molar-refractivity contribution in [3.63, 3.8) is 0 Å². The number of oxime groups is 1. The molecule has 0 aliphatic heterocycles. The highest BCUT2D eigenvalue weighted by molar-refractivity contribution is 6.04. The number of amidine groups is 1. The van der Waals surface area contributed by atoms with E-state index in [1.807, 2.05) is 45.0 Å². The van der Waals surface area contributed by atoms with Crippen LogP contribution in [0.2, 0.25) is 0 Å². The van der Waals surface area contributed by atoms with E-state index in [0.29, 0.717) is 11.3 Å². The molecule has 2 aromatic rings.